The zero-order chi connectivity index (χ0) is 22.1. The molecule has 2 fully saturated rings. The van der Waals surface area contributed by atoms with Crippen molar-refractivity contribution < 1.29 is 14.4 Å². The number of hydrogen-bond donors (Lipinski definition) is 2. The van der Waals surface area contributed by atoms with Crippen LogP contribution in [-0.4, -0.2) is 47.8 Å². The molecule has 2 N–H and O–H groups in total. The van der Waals surface area contributed by atoms with Gasteiger partial charge < -0.3 is 15.5 Å². The average Bonchev–Trinajstić information content (AvgIpc) is 3.12. The minimum Gasteiger partial charge on any atom is -0.349 e. The number of ketones is 1. The van der Waals surface area contributed by atoms with Gasteiger partial charge in [0.15, 0.2) is 5.78 Å². The summed E-state index contributed by atoms with van der Waals surface area (Å²) < 4.78 is 0. The molecule has 0 atom stereocenters. The molecule has 2 aliphatic carbocycles. The first-order chi connectivity index (χ1) is 15.6. The highest BCUT2D eigenvalue weighted by Gasteiger charge is 2.29. The highest BCUT2D eigenvalue weighted by Crippen LogP contribution is 2.36. The number of carbonyl (C=O) groups excluding carboxylic acids is 3. The van der Waals surface area contributed by atoms with E-state index in [1.807, 2.05) is 35.2 Å². The van der Waals surface area contributed by atoms with Gasteiger partial charge >= 0.3 is 6.03 Å². The summed E-state index contributed by atoms with van der Waals surface area (Å²) in [5.74, 6) is -0.191. The van der Waals surface area contributed by atoms with Crippen molar-refractivity contribution in [2.45, 2.75) is 57.0 Å². The number of amides is 3. The van der Waals surface area contributed by atoms with Gasteiger partial charge in [0, 0.05) is 41.9 Å². The zero-order valence-electron chi connectivity index (χ0n) is 18.2. The van der Waals surface area contributed by atoms with Gasteiger partial charge in [-0.15, -0.1) is 0 Å². The van der Waals surface area contributed by atoms with E-state index in [1.54, 1.807) is 12.1 Å². The Bertz CT molecular complexity index is 1050. The van der Waals surface area contributed by atoms with Crippen LogP contribution in [0.5, 0.6) is 0 Å². The number of hydrogen-bond acceptors (Lipinski definition) is 3. The Morgan fingerprint density at radius 2 is 1.41 bits per heavy atom. The highest BCUT2D eigenvalue weighted by molar-refractivity contribution is 6.22. The normalized spacial score (nSPS) is 18.8. The van der Waals surface area contributed by atoms with Crippen LogP contribution in [-0.2, 0) is 0 Å². The number of rotatable bonds is 3. The Kier molecular flexibility index (Phi) is 5.68. The maximum absolute atomic E-state index is 12.9. The number of fused-ring (bicyclic) bond motifs is 3. The monoisotopic (exact) mass is 431 g/mol. The molecule has 2 aromatic carbocycles. The van der Waals surface area contributed by atoms with Gasteiger partial charge in [-0.1, -0.05) is 49.6 Å². The summed E-state index contributed by atoms with van der Waals surface area (Å²) in [5.41, 5.74) is 3.60. The standard InChI is InChI=1S/C26H29N3O3/c30-24-22-9-5-4-8-20(22)21-11-10-17(16-23(21)24)25(31)27-19-12-14-29(15-13-19)26(32)28-18-6-2-1-3-7-18/h4-5,8-11,16,18-19H,1-3,6-7,12-15H2,(H,27,31)(H,28,32). The van der Waals surface area contributed by atoms with Crippen LogP contribution in [0.2, 0.25) is 0 Å². The summed E-state index contributed by atoms with van der Waals surface area (Å²) >= 11 is 0. The van der Waals surface area contributed by atoms with E-state index in [-0.39, 0.29) is 23.8 Å². The molecule has 0 aromatic heterocycles. The van der Waals surface area contributed by atoms with E-state index in [0.717, 1.165) is 36.8 Å². The van der Waals surface area contributed by atoms with Crippen LogP contribution in [0.15, 0.2) is 42.5 Å². The Hall–Kier alpha value is -3.15. The fourth-order valence-electron chi connectivity index (χ4n) is 5.18. The zero-order valence-corrected chi connectivity index (χ0v) is 18.2. The molecular formula is C26H29N3O3. The summed E-state index contributed by atoms with van der Waals surface area (Å²) in [5, 5.41) is 6.27. The smallest absolute Gasteiger partial charge is 0.317 e. The molecule has 3 aliphatic rings. The van der Waals surface area contributed by atoms with Gasteiger partial charge in [-0.25, -0.2) is 4.79 Å². The van der Waals surface area contributed by atoms with Crippen LogP contribution in [0.1, 0.15) is 71.2 Å². The summed E-state index contributed by atoms with van der Waals surface area (Å²) in [4.78, 5) is 40.0. The van der Waals surface area contributed by atoms with Crippen LogP contribution >= 0.6 is 0 Å². The second kappa shape index (κ2) is 8.77. The Balaban J connectivity index is 1.16. The number of urea groups is 1. The molecule has 6 nitrogen and oxygen atoms in total. The third-order valence-corrected chi connectivity index (χ3v) is 7.04. The predicted octanol–water partition coefficient (Wildman–Crippen LogP) is 4.13. The van der Waals surface area contributed by atoms with Gasteiger partial charge in [0.05, 0.1) is 0 Å². The summed E-state index contributed by atoms with van der Waals surface area (Å²) in [6.07, 6.45) is 7.28. The van der Waals surface area contributed by atoms with Gasteiger partial charge in [-0.05, 0) is 48.9 Å². The van der Waals surface area contributed by atoms with E-state index in [9.17, 15) is 14.4 Å². The molecule has 1 aliphatic heterocycles. The summed E-state index contributed by atoms with van der Waals surface area (Å²) in [6.45, 7) is 1.28. The topological polar surface area (TPSA) is 78.5 Å². The third-order valence-electron chi connectivity index (χ3n) is 7.04. The number of piperidine rings is 1. The SMILES string of the molecule is O=C(NC1CCN(C(=O)NC2CCCCC2)CC1)c1ccc2c(c1)C(=O)c1ccccc1-2. The largest absolute Gasteiger partial charge is 0.349 e. The summed E-state index contributed by atoms with van der Waals surface area (Å²) in [7, 11) is 0. The van der Waals surface area contributed by atoms with Crippen molar-refractivity contribution in [3.8, 4) is 11.1 Å². The van der Waals surface area contributed by atoms with Gasteiger partial charge in [-0.3, -0.25) is 9.59 Å². The molecular weight excluding hydrogens is 402 g/mol. The van der Waals surface area contributed by atoms with Crippen molar-refractivity contribution in [3.05, 3.63) is 59.2 Å². The molecule has 2 aromatic rings. The van der Waals surface area contributed by atoms with Gasteiger partial charge in [0.1, 0.15) is 0 Å². The van der Waals surface area contributed by atoms with E-state index >= 15 is 0 Å². The third kappa shape index (κ3) is 4.01. The van der Waals surface area contributed by atoms with Gasteiger partial charge in [-0.2, -0.15) is 0 Å². The lowest BCUT2D eigenvalue weighted by molar-refractivity contribution is 0.0917. The summed E-state index contributed by atoms with van der Waals surface area (Å²) in [6, 6.07) is 13.3. The van der Waals surface area contributed by atoms with E-state index in [1.165, 1.54) is 19.3 Å². The average molecular weight is 432 g/mol. The van der Waals surface area contributed by atoms with Crippen LogP contribution in [0.4, 0.5) is 4.79 Å². The molecule has 166 valence electrons. The van der Waals surface area contributed by atoms with Gasteiger partial charge in [0.25, 0.3) is 5.91 Å². The lowest BCUT2D eigenvalue weighted by Gasteiger charge is -2.34. The molecule has 1 saturated carbocycles. The predicted molar refractivity (Wildman–Crippen MR) is 123 cm³/mol. The number of likely N-dealkylation sites (tertiary alicyclic amines) is 1. The number of nitrogens with zero attached hydrogens (tertiary/aromatic N) is 1. The maximum atomic E-state index is 12.9. The van der Waals surface area contributed by atoms with E-state index in [4.69, 9.17) is 0 Å². The first-order valence-corrected chi connectivity index (χ1v) is 11.7. The molecule has 3 amide bonds. The van der Waals surface area contributed by atoms with Crippen molar-refractivity contribution in [1.82, 2.24) is 15.5 Å². The number of nitrogens with one attached hydrogen (secondary N) is 2. The van der Waals surface area contributed by atoms with Crippen molar-refractivity contribution in [2.75, 3.05) is 13.1 Å². The van der Waals surface area contributed by atoms with Crippen LogP contribution < -0.4 is 10.6 Å². The Morgan fingerprint density at radius 1 is 0.750 bits per heavy atom. The molecule has 32 heavy (non-hydrogen) atoms. The second-order valence-electron chi connectivity index (χ2n) is 9.15. The van der Waals surface area contributed by atoms with Gasteiger partial charge in [0.2, 0.25) is 0 Å². The fraction of sp³-hybridized carbons (Fsp3) is 0.423. The molecule has 0 spiro atoms. The Labute approximate surface area is 188 Å². The van der Waals surface area contributed by atoms with Crippen LogP contribution in [0.3, 0.4) is 0 Å². The minimum absolute atomic E-state index is 0.0254. The first kappa shape index (κ1) is 20.7. The fourth-order valence-corrected chi connectivity index (χ4v) is 5.18. The molecule has 6 heteroatoms. The van der Waals surface area contributed by atoms with Crippen molar-refractivity contribution in [1.29, 1.82) is 0 Å². The lowest BCUT2D eigenvalue weighted by atomic mass is 9.95. The highest BCUT2D eigenvalue weighted by atomic mass is 16.2. The van der Waals surface area contributed by atoms with E-state index in [2.05, 4.69) is 10.6 Å². The number of carbonyl (C=O) groups is 3. The molecule has 5 rings (SSSR count). The van der Waals surface area contributed by atoms with E-state index in [0.29, 0.717) is 35.8 Å². The lowest BCUT2D eigenvalue weighted by Crippen LogP contribution is -2.51. The quantitative estimate of drug-likeness (QED) is 0.654. The molecule has 0 unspecified atom stereocenters. The first-order valence-electron chi connectivity index (χ1n) is 11.7. The van der Waals surface area contributed by atoms with Crippen molar-refractivity contribution >= 4 is 17.7 Å². The maximum Gasteiger partial charge on any atom is 0.317 e. The minimum atomic E-state index is -0.165. The van der Waals surface area contributed by atoms with Crippen LogP contribution in [0, 0.1) is 0 Å². The second-order valence-corrected chi connectivity index (χ2v) is 9.15. The molecule has 0 radical (unpaired) electrons. The molecule has 0 bridgehead atoms. The molecule has 1 saturated heterocycles. The van der Waals surface area contributed by atoms with E-state index < -0.39 is 0 Å². The number of benzene rings is 2. The molecule has 1 heterocycles. The van der Waals surface area contributed by atoms with Crippen molar-refractivity contribution in [2.24, 2.45) is 0 Å². The Morgan fingerprint density at radius 3 is 2.16 bits per heavy atom. The van der Waals surface area contributed by atoms with Crippen LogP contribution in [0.25, 0.3) is 11.1 Å². The van der Waals surface area contributed by atoms with Crippen molar-refractivity contribution in [3.63, 3.8) is 0 Å².